The summed E-state index contributed by atoms with van der Waals surface area (Å²) in [7, 11) is 0. The van der Waals surface area contributed by atoms with E-state index >= 15 is 0 Å². The minimum Gasteiger partial charge on any atom is -0.360 e. The Kier molecular flexibility index (Phi) is 5.89. The first kappa shape index (κ1) is 18.1. The molecule has 3 rings (SSSR count). The van der Waals surface area contributed by atoms with Gasteiger partial charge < -0.3 is 15.6 Å². The van der Waals surface area contributed by atoms with Crippen LogP contribution in [-0.4, -0.2) is 29.4 Å². The molecule has 0 bridgehead atoms. The summed E-state index contributed by atoms with van der Waals surface area (Å²) in [5.41, 5.74) is 6.32. The molecule has 0 saturated heterocycles. The Morgan fingerprint density at radius 2 is 2.00 bits per heavy atom. The molecule has 138 valence electrons. The highest BCUT2D eigenvalue weighted by Gasteiger charge is 2.29. The van der Waals surface area contributed by atoms with Crippen LogP contribution in [0.5, 0.6) is 0 Å². The molecule has 1 unspecified atom stereocenters. The zero-order valence-corrected chi connectivity index (χ0v) is 15.0. The number of nitrogens with two attached hydrogens (primary N) is 1. The van der Waals surface area contributed by atoms with Gasteiger partial charge in [0.05, 0.1) is 0 Å². The molecule has 1 amide bonds. The van der Waals surface area contributed by atoms with Crippen molar-refractivity contribution < 1.29 is 14.1 Å². The molecule has 2 fully saturated rings. The predicted molar refractivity (Wildman–Crippen MR) is 94.1 cm³/mol. The molecule has 1 aromatic heterocycles. The van der Waals surface area contributed by atoms with Gasteiger partial charge in [0.2, 0.25) is 5.91 Å². The van der Waals surface area contributed by atoms with Crippen molar-refractivity contribution in [2.75, 3.05) is 6.54 Å². The Labute approximate surface area is 148 Å². The average Bonchev–Trinajstić information content (AvgIpc) is 3.35. The van der Waals surface area contributed by atoms with Crippen molar-refractivity contribution in [2.45, 2.75) is 70.3 Å². The monoisotopic (exact) mass is 347 g/mol. The molecular weight excluding hydrogens is 318 g/mol. The van der Waals surface area contributed by atoms with Gasteiger partial charge in [-0.3, -0.25) is 9.59 Å². The average molecular weight is 347 g/mol. The first-order chi connectivity index (χ1) is 12.1. The molecule has 0 radical (unpaired) electrons. The summed E-state index contributed by atoms with van der Waals surface area (Å²) in [6, 6.07) is 2.03. The molecule has 6 heteroatoms. The molecule has 1 aromatic rings. The van der Waals surface area contributed by atoms with Crippen LogP contribution in [0.1, 0.15) is 80.5 Å². The number of nitrogens with one attached hydrogen (secondary N) is 1. The number of ketones is 1. The maximum Gasteiger partial charge on any atom is 0.223 e. The lowest BCUT2D eigenvalue weighted by atomic mass is 9.86. The molecule has 2 aliphatic carbocycles. The van der Waals surface area contributed by atoms with Crippen molar-refractivity contribution >= 4 is 11.7 Å². The fourth-order valence-corrected chi connectivity index (χ4v) is 3.48. The number of hydrogen-bond acceptors (Lipinski definition) is 5. The molecule has 2 aliphatic rings. The van der Waals surface area contributed by atoms with Crippen molar-refractivity contribution in [3.8, 4) is 0 Å². The van der Waals surface area contributed by atoms with Crippen LogP contribution in [0.3, 0.4) is 0 Å². The van der Waals surface area contributed by atoms with Gasteiger partial charge in [-0.1, -0.05) is 18.5 Å². The van der Waals surface area contributed by atoms with E-state index < -0.39 is 0 Å². The quantitative estimate of drug-likeness (QED) is 0.705. The standard InChI is InChI=1S/C19H29N3O3/c1-2-12(11-21-19(24)14-5-7-15(20)8-6-14)9-17(23)16-10-18(25-22-16)13-3-4-13/h10,12-15H,2-9,11,20H2,1H3,(H,21,24). The van der Waals surface area contributed by atoms with Gasteiger partial charge in [0.15, 0.2) is 5.78 Å². The normalized spacial score (nSPS) is 24.7. The predicted octanol–water partition coefficient (Wildman–Crippen LogP) is 2.78. The van der Waals surface area contributed by atoms with Crippen LogP contribution in [0, 0.1) is 11.8 Å². The van der Waals surface area contributed by atoms with Gasteiger partial charge in [-0.15, -0.1) is 0 Å². The molecule has 25 heavy (non-hydrogen) atoms. The van der Waals surface area contributed by atoms with Gasteiger partial charge in [0.1, 0.15) is 11.5 Å². The van der Waals surface area contributed by atoms with E-state index in [2.05, 4.69) is 10.5 Å². The smallest absolute Gasteiger partial charge is 0.223 e. The first-order valence-electron chi connectivity index (χ1n) is 9.60. The molecule has 0 aromatic carbocycles. The molecule has 1 heterocycles. The van der Waals surface area contributed by atoms with E-state index in [0.29, 0.717) is 24.6 Å². The van der Waals surface area contributed by atoms with Gasteiger partial charge in [-0.25, -0.2) is 0 Å². The van der Waals surface area contributed by atoms with E-state index in [1.165, 1.54) is 0 Å². The third-order valence-corrected chi connectivity index (χ3v) is 5.55. The Balaban J connectivity index is 1.45. The summed E-state index contributed by atoms with van der Waals surface area (Å²) in [6.45, 7) is 2.58. The minimum absolute atomic E-state index is 0.000360. The fraction of sp³-hybridized carbons (Fsp3) is 0.737. The molecule has 6 nitrogen and oxygen atoms in total. The summed E-state index contributed by atoms with van der Waals surface area (Å²) in [5.74, 6) is 1.60. The number of Topliss-reactive ketones (excluding diaryl/α,β-unsaturated/α-hetero) is 1. The molecule has 1 atom stereocenters. The van der Waals surface area contributed by atoms with Crippen LogP contribution in [-0.2, 0) is 4.79 Å². The third kappa shape index (κ3) is 4.91. The first-order valence-corrected chi connectivity index (χ1v) is 9.60. The maximum atomic E-state index is 12.4. The summed E-state index contributed by atoms with van der Waals surface area (Å²) in [4.78, 5) is 24.7. The number of amides is 1. The number of carbonyl (C=O) groups is 2. The number of rotatable bonds is 8. The van der Waals surface area contributed by atoms with Crippen LogP contribution in [0.2, 0.25) is 0 Å². The zero-order chi connectivity index (χ0) is 17.8. The SMILES string of the molecule is CCC(CNC(=O)C1CCC(N)CC1)CC(=O)c1cc(C2CC2)on1. The maximum absolute atomic E-state index is 12.4. The number of carbonyl (C=O) groups excluding carboxylic acids is 2. The van der Waals surface area contributed by atoms with E-state index in [9.17, 15) is 9.59 Å². The van der Waals surface area contributed by atoms with E-state index in [4.69, 9.17) is 10.3 Å². The largest absolute Gasteiger partial charge is 0.360 e. The highest BCUT2D eigenvalue weighted by molar-refractivity contribution is 5.94. The van der Waals surface area contributed by atoms with E-state index in [1.807, 2.05) is 6.92 Å². The van der Waals surface area contributed by atoms with Gasteiger partial charge in [0, 0.05) is 36.9 Å². The second kappa shape index (κ2) is 8.13. The highest BCUT2D eigenvalue weighted by atomic mass is 16.5. The Bertz CT molecular complexity index is 601. The summed E-state index contributed by atoms with van der Waals surface area (Å²) in [5, 5.41) is 6.95. The second-order valence-electron chi connectivity index (χ2n) is 7.65. The van der Waals surface area contributed by atoms with Crippen molar-refractivity contribution in [1.82, 2.24) is 10.5 Å². The number of nitrogens with zero attached hydrogens (tertiary/aromatic N) is 1. The lowest BCUT2D eigenvalue weighted by Gasteiger charge is -2.26. The van der Waals surface area contributed by atoms with Crippen LogP contribution >= 0.6 is 0 Å². The Morgan fingerprint density at radius 3 is 2.64 bits per heavy atom. The summed E-state index contributed by atoms with van der Waals surface area (Å²) >= 11 is 0. The van der Waals surface area contributed by atoms with Gasteiger partial charge in [-0.05, 0) is 44.4 Å². The van der Waals surface area contributed by atoms with Crippen LogP contribution in [0.4, 0.5) is 0 Å². The second-order valence-corrected chi connectivity index (χ2v) is 7.65. The minimum atomic E-state index is 0.000360. The third-order valence-electron chi connectivity index (χ3n) is 5.55. The summed E-state index contributed by atoms with van der Waals surface area (Å²) < 4.78 is 5.26. The molecule has 3 N–H and O–H groups in total. The molecular formula is C19H29N3O3. The van der Waals surface area contributed by atoms with Crippen LogP contribution in [0.25, 0.3) is 0 Å². The summed E-state index contributed by atoms with van der Waals surface area (Å²) in [6.07, 6.45) is 7.05. The number of hydrogen-bond donors (Lipinski definition) is 2. The fourth-order valence-electron chi connectivity index (χ4n) is 3.48. The highest BCUT2D eigenvalue weighted by Crippen LogP contribution is 2.40. The zero-order valence-electron chi connectivity index (χ0n) is 15.0. The van der Waals surface area contributed by atoms with Crippen molar-refractivity contribution in [3.05, 3.63) is 17.5 Å². The van der Waals surface area contributed by atoms with E-state index in [0.717, 1.165) is 50.7 Å². The van der Waals surface area contributed by atoms with Crippen molar-refractivity contribution in [2.24, 2.45) is 17.6 Å². The number of aromatic nitrogens is 1. The van der Waals surface area contributed by atoms with E-state index in [1.54, 1.807) is 6.07 Å². The topological polar surface area (TPSA) is 98.2 Å². The Hall–Kier alpha value is -1.69. The lowest BCUT2D eigenvalue weighted by molar-refractivity contribution is -0.126. The van der Waals surface area contributed by atoms with Crippen molar-refractivity contribution in [1.29, 1.82) is 0 Å². The molecule has 2 saturated carbocycles. The molecule has 0 aliphatic heterocycles. The lowest BCUT2D eigenvalue weighted by Crippen LogP contribution is -2.38. The van der Waals surface area contributed by atoms with Crippen LogP contribution < -0.4 is 11.1 Å². The molecule has 0 spiro atoms. The van der Waals surface area contributed by atoms with E-state index in [-0.39, 0.29) is 29.6 Å². The van der Waals surface area contributed by atoms with Gasteiger partial charge in [0.25, 0.3) is 0 Å². The van der Waals surface area contributed by atoms with Gasteiger partial charge in [-0.2, -0.15) is 0 Å². The van der Waals surface area contributed by atoms with Gasteiger partial charge >= 0.3 is 0 Å². The van der Waals surface area contributed by atoms with Crippen LogP contribution in [0.15, 0.2) is 10.6 Å². The Morgan fingerprint density at radius 1 is 1.28 bits per heavy atom. The van der Waals surface area contributed by atoms with Crippen molar-refractivity contribution in [3.63, 3.8) is 0 Å².